The van der Waals surface area contributed by atoms with E-state index in [-0.39, 0.29) is 0 Å². The van der Waals surface area contributed by atoms with Gasteiger partial charge in [-0.25, -0.2) is 0 Å². The lowest BCUT2D eigenvalue weighted by atomic mass is 10.2. The Morgan fingerprint density at radius 3 is 2.62 bits per heavy atom. The highest BCUT2D eigenvalue weighted by molar-refractivity contribution is 9.09. The van der Waals surface area contributed by atoms with Crippen LogP contribution in [0.2, 0.25) is 0 Å². The summed E-state index contributed by atoms with van der Waals surface area (Å²) in [7, 11) is 0. The van der Waals surface area contributed by atoms with Crippen LogP contribution in [-0.2, 0) is 0 Å². The van der Waals surface area contributed by atoms with Gasteiger partial charge in [-0.15, -0.1) is 0 Å². The molecule has 2 atom stereocenters. The van der Waals surface area contributed by atoms with Gasteiger partial charge in [-0.05, 0) is 13.3 Å². The average Bonchev–Trinajstić information content (AvgIpc) is 1.85. The Morgan fingerprint density at radius 2 is 2.50 bits per heavy atom. The van der Waals surface area contributed by atoms with E-state index in [1.807, 2.05) is 0 Å². The van der Waals surface area contributed by atoms with E-state index < -0.39 is 0 Å². The minimum atomic E-state index is 0.315. The second-order valence-electron chi connectivity index (χ2n) is 2.33. The van der Waals surface area contributed by atoms with E-state index in [9.17, 15) is 0 Å². The van der Waals surface area contributed by atoms with Crippen LogP contribution in [0.4, 0.5) is 0 Å². The van der Waals surface area contributed by atoms with E-state index in [2.05, 4.69) is 28.9 Å². The van der Waals surface area contributed by atoms with Crippen molar-refractivity contribution in [1.82, 2.24) is 0 Å². The van der Waals surface area contributed by atoms with Crippen LogP contribution >= 0.6 is 15.9 Å². The van der Waals surface area contributed by atoms with Crippen molar-refractivity contribution in [3.8, 4) is 0 Å². The predicted octanol–water partition coefficient (Wildman–Crippen LogP) is 1.43. The minimum absolute atomic E-state index is 0.315. The third-order valence-corrected chi connectivity index (χ3v) is 2.35. The number of alkyl halides is 1. The highest BCUT2D eigenvalue weighted by Crippen LogP contribution is 2.22. The van der Waals surface area contributed by atoms with Gasteiger partial charge in [-0.3, -0.25) is 0 Å². The van der Waals surface area contributed by atoms with Crippen molar-refractivity contribution in [2.24, 2.45) is 5.73 Å². The summed E-state index contributed by atoms with van der Waals surface area (Å²) in [5.41, 5.74) is 7.07. The van der Waals surface area contributed by atoms with Crippen LogP contribution in [0.15, 0.2) is 11.6 Å². The first-order valence-electron chi connectivity index (χ1n) is 2.77. The van der Waals surface area contributed by atoms with Crippen LogP contribution in [0.25, 0.3) is 0 Å². The molecule has 1 rings (SSSR count). The molecule has 2 heteroatoms. The van der Waals surface area contributed by atoms with Gasteiger partial charge in [-0.1, -0.05) is 27.6 Å². The standard InChI is InChI=1S/C6H10BrN/c1-4-2-5(7)6(8)3-4/h2,5-6H,3,8H2,1H3/t5-,6-/m0/s1. The number of hydrogen-bond acceptors (Lipinski definition) is 1. The van der Waals surface area contributed by atoms with Gasteiger partial charge in [0.2, 0.25) is 0 Å². The summed E-state index contributed by atoms with van der Waals surface area (Å²) in [6.45, 7) is 2.11. The first-order chi connectivity index (χ1) is 3.70. The predicted molar refractivity (Wildman–Crippen MR) is 39.1 cm³/mol. The van der Waals surface area contributed by atoms with Crippen LogP contribution in [0, 0.1) is 0 Å². The van der Waals surface area contributed by atoms with Crippen molar-refractivity contribution < 1.29 is 0 Å². The molecule has 0 saturated carbocycles. The summed E-state index contributed by atoms with van der Waals surface area (Å²) in [6, 6.07) is 0.315. The number of rotatable bonds is 0. The highest BCUT2D eigenvalue weighted by Gasteiger charge is 2.18. The minimum Gasteiger partial charge on any atom is -0.326 e. The summed E-state index contributed by atoms with van der Waals surface area (Å²) >= 11 is 3.44. The van der Waals surface area contributed by atoms with Crippen molar-refractivity contribution >= 4 is 15.9 Å². The van der Waals surface area contributed by atoms with Gasteiger partial charge in [0.1, 0.15) is 0 Å². The topological polar surface area (TPSA) is 26.0 Å². The fourth-order valence-electron chi connectivity index (χ4n) is 0.948. The molecule has 1 aliphatic carbocycles. The summed E-state index contributed by atoms with van der Waals surface area (Å²) in [5, 5.41) is 0. The molecule has 46 valence electrons. The number of hydrogen-bond donors (Lipinski definition) is 1. The number of nitrogens with two attached hydrogens (primary N) is 1. The fraction of sp³-hybridized carbons (Fsp3) is 0.667. The van der Waals surface area contributed by atoms with Gasteiger partial charge < -0.3 is 5.73 Å². The molecule has 0 aliphatic heterocycles. The van der Waals surface area contributed by atoms with Crippen molar-refractivity contribution in [3.63, 3.8) is 0 Å². The molecule has 0 saturated heterocycles. The summed E-state index contributed by atoms with van der Waals surface area (Å²) in [5.74, 6) is 0. The van der Waals surface area contributed by atoms with Gasteiger partial charge in [0.25, 0.3) is 0 Å². The van der Waals surface area contributed by atoms with Crippen LogP contribution in [0.3, 0.4) is 0 Å². The van der Waals surface area contributed by atoms with Crippen molar-refractivity contribution in [3.05, 3.63) is 11.6 Å². The van der Waals surface area contributed by atoms with E-state index in [0.29, 0.717) is 10.9 Å². The third-order valence-electron chi connectivity index (χ3n) is 1.41. The highest BCUT2D eigenvalue weighted by atomic mass is 79.9. The Bertz CT molecular complexity index is 120. The van der Waals surface area contributed by atoms with E-state index in [4.69, 9.17) is 5.73 Å². The van der Waals surface area contributed by atoms with Crippen molar-refractivity contribution in [2.45, 2.75) is 24.2 Å². The molecule has 0 aromatic rings. The van der Waals surface area contributed by atoms with Crippen LogP contribution in [0.5, 0.6) is 0 Å². The molecule has 0 aromatic heterocycles. The molecule has 0 unspecified atom stereocenters. The summed E-state index contributed by atoms with van der Waals surface area (Å²) in [6.07, 6.45) is 3.22. The second-order valence-corrected chi connectivity index (χ2v) is 3.38. The maximum absolute atomic E-state index is 5.67. The van der Waals surface area contributed by atoms with E-state index in [1.165, 1.54) is 5.57 Å². The Morgan fingerprint density at radius 1 is 1.88 bits per heavy atom. The van der Waals surface area contributed by atoms with Gasteiger partial charge in [0.15, 0.2) is 0 Å². The fourth-order valence-corrected chi connectivity index (χ4v) is 1.59. The van der Waals surface area contributed by atoms with Crippen LogP contribution in [-0.4, -0.2) is 10.9 Å². The zero-order valence-electron chi connectivity index (χ0n) is 4.89. The van der Waals surface area contributed by atoms with E-state index in [1.54, 1.807) is 0 Å². The molecule has 0 heterocycles. The van der Waals surface area contributed by atoms with Gasteiger partial charge >= 0.3 is 0 Å². The molecule has 0 radical (unpaired) electrons. The van der Waals surface area contributed by atoms with Crippen molar-refractivity contribution in [1.29, 1.82) is 0 Å². The smallest absolute Gasteiger partial charge is 0.0482 e. The maximum atomic E-state index is 5.67. The first-order valence-corrected chi connectivity index (χ1v) is 3.68. The molecular weight excluding hydrogens is 166 g/mol. The zero-order valence-corrected chi connectivity index (χ0v) is 6.48. The third kappa shape index (κ3) is 1.12. The molecule has 0 spiro atoms. The molecular formula is C6H10BrN. The molecule has 0 fully saturated rings. The van der Waals surface area contributed by atoms with E-state index in [0.717, 1.165) is 6.42 Å². The summed E-state index contributed by atoms with van der Waals surface area (Å²) < 4.78 is 0. The lowest BCUT2D eigenvalue weighted by Gasteiger charge is -2.04. The quantitative estimate of drug-likeness (QED) is 0.438. The maximum Gasteiger partial charge on any atom is 0.0482 e. The lowest BCUT2D eigenvalue weighted by molar-refractivity contribution is 0.738. The SMILES string of the molecule is CC1=C[C@H](Br)[C@@H](N)C1. The molecule has 0 bridgehead atoms. The molecule has 0 amide bonds. The van der Waals surface area contributed by atoms with Crippen LogP contribution < -0.4 is 5.73 Å². The average molecular weight is 176 g/mol. The number of halogens is 1. The first kappa shape index (κ1) is 6.30. The summed E-state index contributed by atoms with van der Waals surface area (Å²) in [4.78, 5) is 0.419. The Labute approximate surface area is 58.1 Å². The van der Waals surface area contributed by atoms with Gasteiger partial charge in [0.05, 0.1) is 0 Å². The molecule has 2 N–H and O–H groups in total. The van der Waals surface area contributed by atoms with E-state index >= 15 is 0 Å². The Kier molecular flexibility index (Phi) is 1.73. The van der Waals surface area contributed by atoms with Crippen LogP contribution in [0.1, 0.15) is 13.3 Å². The van der Waals surface area contributed by atoms with Gasteiger partial charge in [-0.2, -0.15) is 0 Å². The van der Waals surface area contributed by atoms with Gasteiger partial charge in [0, 0.05) is 10.9 Å². The second kappa shape index (κ2) is 2.19. The molecule has 1 nitrogen and oxygen atoms in total. The zero-order chi connectivity index (χ0) is 6.15. The monoisotopic (exact) mass is 175 g/mol. The van der Waals surface area contributed by atoms with Crippen molar-refractivity contribution in [2.75, 3.05) is 0 Å². The largest absolute Gasteiger partial charge is 0.326 e. The normalized spacial score (nSPS) is 37.6. The Hall–Kier alpha value is 0.180. The Balaban J connectivity index is 2.56. The molecule has 0 aromatic carbocycles. The lowest BCUT2D eigenvalue weighted by Crippen LogP contribution is -2.24. The molecule has 8 heavy (non-hydrogen) atoms. The molecule has 1 aliphatic rings.